The van der Waals surface area contributed by atoms with Crippen molar-refractivity contribution in [3.8, 4) is 0 Å². The van der Waals surface area contributed by atoms with Gasteiger partial charge in [0, 0.05) is 28.1 Å². The molecule has 3 rings (SSSR count). The molecule has 1 heterocycles. The molecule has 0 spiro atoms. The van der Waals surface area contributed by atoms with Crippen LogP contribution in [0.2, 0.25) is 10.0 Å². The van der Waals surface area contributed by atoms with E-state index in [4.69, 9.17) is 23.2 Å². The molecular formula is C22H21Cl2N2O+. The van der Waals surface area contributed by atoms with E-state index in [1.54, 1.807) is 18.5 Å². The molecule has 0 radical (unpaired) electrons. The molecule has 0 aliphatic rings. The second-order valence-electron chi connectivity index (χ2n) is 6.54. The lowest BCUT2D eigenvalue weighted by atomic mass is 9.86. The second kappa shape index (κ2) is 9.03. The van der Waals surface area contributed by atoms with E-state index in [2.05, 4.69) is 10.3 Å². The lowest BCUT2D eigenvalue weighted by Gasteiger charge is -2.26. The molecule has 0 fully saturated rings. The van der Waals surface area contributed by atoms with Crippen molar-refractivity contribution >= 4 is 29.1 Å². The maximum Gasteiger partial charge on any atom is 0.257 e. The van der Waals surface area contributed by atoms with Crippen LogP contribution in [-0.4, -0.2) is 11.9 Å². The van der Waals surface area contributed by atoms with Crippen molar-refractivity contribution in [2.24, 2.45) is 0 Å². The Kier molecular flexibility index (Phi) is 6.49. The van der Waals surface area contributed by atoms with Crippen LogP contribution in [-0.2, 0) is 6.42 Å². The zero-order chi connectivity index (χ0) is 19.2. The number of aromatic nitrogens is 1. The van der Waals surface area contributed by atoms with Gasteiger partial charge in [0.25, 0.3) is 5.91 Å². The van der Waals surface area contributed by atoms with Crippen molar-refractivity contribution in [1.82, 2.24) is 5.32 Å². The van der Waals surface area contributed by atoms with E-state index in [0.717, 1.165) is 17.5 Å². The highest BCUT2D eigenvalue weighted by atomic mass is 35.5. The highest BCUT2D eigenvalue weighted by Gasteiger charge is 2.22. The zero-order valence-electron chi connectivity index (χ0n) is 15.0. The fourth-order valence-corrected chi connectivity index (χ4v) is 3.34. The normalized spacial score (nSPS) is 13.0. The van der Waals surface area contributed by atoms with Gasteiger partial charge in [0.15, 0.2) is 12.4 Å². The molecule has 2 atom stereocenters. The van der Waals surface area contributed by atoms with Crippen LogP contribution >= 0.6 is 23.2 Å². The lowest BCUT2D eigenvalue weighted by Crippen LogP contribution is -2.38. The Labute approximate surface area is 169 Å². The van der Waals surface area contributed by atoms with Gasteiger partial charge in [-0.3, -0.25) is 4.79 Å². The molecule has 2 aromatic carbocycles. The number of benzene rings is 2. The number of rotatable bonds is 6. The van der Waals surface area contributed by atoms with Gasteiger partial charge in [-0.1, -0.05) is 47.5 Å². The SMILES string of the molecule is C[C@@H](NC(=O)c1ccc[nH+]c1)[C@H](Cc1ccc(Cl)cc1)c1ccc(Cl)cc1. The molecule has 0 saturated heterocycles. The smallest absolute Gasteiger partial charge is 0.257 e. The van der Waals surface area contributed by atoms with E-state index >= 15 is 0 Å². The molecule has 1 amide bonds. The van der Waals surface area contributed by atoms with Crippen LogP contribution in [0, 0.1) is 0 Å². The second-order valence-corrected chi connectivity index (χ2v) is 7.42. The van der Waals surface area contributed by atoms with Crippen LogP contribution in [0.4, 0.5) is 0 Å². The van der Waals surface area contributed by atoms with E-state index in [1.807, 2.05) is 61.5 Å². The highest BCUT2D eigenvalue weighted by molar-refractivity contribution is 6.30. The van der Waals surface area contributed by atoms with Crippen molar-refractivity contribution in [1.29, 1.82) is 0 Å². The molecule has 3 aromatic rings. The lowest BCUT2D eigenvalue weighted by molar-refractivity contribution is -0.378. The maximum atomic E-state index is 12.6. The molecule has 5 heteroatoms. The van der Waals surface area contributed by atoms with Gasteiger partial charge in [-0.25, -0.2) is 4.98 Å². The zero-order valence-corrected chi connectivity index (χ0v) is 16.5. The molecule has 0 aliphatic heterocycles. The van der Waals surface area contributed by atoms with Gasteiger partial charge >= 0.3 is 0 Å². The summed E-state index contributed by atoms with van der Waals surface area (Å²) in [7, 11) is 0. The van der Waals surface area contributed by atoms with E-state index in [-0.39, 0.29) is 17.9 Å². The van der Waals surface area contributed by atoms with E-state index in [1.165, 1.54) is 0 Å². The number of carbonyl (C=O) groups is 1. The molecule has 0 unspecified atom stereocenters. The average Bonchev–Trinajstić information content (AvgIpc) is 2.69. The minimum Gasteiger partial charge on any atom is -0.349 e. The first-order chi connectivity index (χ1) is 13.0. The molecule has 0 bridgehead atoms. The topological polar surface area (TPSA) is 43.2 Å². The van der Waals surface area contributed by atoms with Crippen molar-refractivity contribution in [3.63, 3.8) is 0 Å². The third-order valence-electron chi connectivity index (χ3n) is 4.60. The summed E-state index contributed by atoms with van der Waals surface area (Å²) in [5, 5.41) is 4.53. The summed E-state index contributed by atoms with van der Waals surface area (Å²) in [6.45, 7) is 2.03. The van der Waals surface area contributed by atoms with Gasteiger partial charge < -0.3 is 5.32 Å². The summed E-state index contributed by atoms with van der Waals surface area (Å²) in [6.07, 6.45) is 4.25. The largest absolute Gasteiger partial charge is 0.349 e. The Balaban J connectivity index is 1.82. The molecular weight excluding hydrogens is 379 g/mol. The van der Waals surface area contributed by atoms with Crippen LogP contribution in [0.3, 0.4) is 0 Å². The van der Waals surface area contributed by atoms with Crippen LogP contribution in [0.5, 0.6) is 0 Å². The van der Waals surface area contributed by atoms with Crippen LogP contribution in [0.15, 0.2) is 73.1 Å². The summed E-state index contributed by atoms with van der Waals surface area (Å²) >= 11 is 12.1. The average molecular weight is 400 g/mol. The first-order valence-electron chi connectivity index (χ1n) is 8.80. The maximum absolute atomic E-state index is 12.6. The predicted octanol–water partition coefficient (Wildman–Crippen LogP) is 4.95. The minimum absolute atomic E-state index is 0.0745. The number of carbonyl (C=O) groups excluding carboxylic acids is 1. The molecule has 27 heavy (non-hydrogen) atoms. The summed E-state index contributed by atoms with van der Waals surface area (Å²) in [4.78, 5) is 15.5. The molecule has 3 nitrogen and oxygen atoms in total. The fraction of sp³-hybridized carbons (Fsp3) is 0.182. The number of pyridine rings is 1. The van der Waals surface area contributed by atoms with Crippen molar-refractivity contribution < 1.29 is 9.78 Å². The minimum atomic E-state index is -0.102. The van der Waals surface area contributed by atoms with E-state index in [0.29, 0.717) is 15.6 Å². The first-order valence-corrected chi connectivity index (χ1v) is 9.55. The summed E-state index contributed by atoms with van der Waals surface area (Å²) in [6, 6.07) is 19.1. The Bertz CT molecular complexity index is 880. The summed E-state index contributed by atoms with van der Waals surface area (Å²) < 4.78 is 0. The summed E-state index contributed by atoms with van der Waals surface area (Å²) in [5.41, 5.74) is 2.89. The van der Waals surface area contributed by atoms with Crippen molar-refractivity contribution in [2.75, 3.05) is 0 Å². The number of hydrogen-bond acceptors (Lipinski definition) is 1. The Hall–Kier alpha value is -2.36. The number of hydrogen-bond donors (Lipinski definition) is 1. The Morgan fingerprint density at radius 1 is 1.00 bits per heavy atom. The van der Waals surface area contributed by atoms with Gasteiger partial charge in [0.1, 0.15) is 5.56 Å². The molecule has 138 valence electrons. The quantitative estimate of drug-likeness (QED) is 0.625. The monoisotopic (exact) mass is 399 g/mol. The van der Waals surface area contributed by atoms with Gasteiger partial charge in [-0.05, 0) is 54.8 Å². The number of H-pyrrole nitrogens is 1. The fourth-order valence-electron chi connectivity index (χ4n) is 3.09. The van der Waals surface area contributed by atoms with E-state index in [9.17, 15) is 4.79 Å². The molecule has 0 aliphatic carbocycles. The first kappa shape index (κ1) is 19.4. The van der Waals surface area contributed by atoms with E-state index < -0.39 is 0 Å². The van der Waals surface area contributed by atoms with Gasteiger partial charge in [-0.2, -0.15) is 0 Å². The molecule has 1 aromatic heterocycles. The number of nitrogens with one attached hydrogen (secondary N) is 2. The van der Waals surface area contributed by atoms with Crippen LogP contribution in [0.1, 0.15) is 34.3 Å². The predicted molar refractivity (Wildman–Crippen MR) is 109 cm³/mol. The van der Waals surface area contributed by atoms with Crippen LogP contribution in [0.25, 0.3) is 0 Å². The molecule has 0 saturated carbocycles. The third-order valence-corrected chi connectivity index (χ3v) is 5.10. The van der Waals surface area contributed by atoms with Crippen molar-refractivity contribution in [3.05, 3.63) is 99.8 Å². The summed E-state index contributed by atoms with van der Waals surface area (Å²) in [5.74, 6) is -0.00509. The number of halogens is 2. The standard InChI is InChI=1S/C22H20Cl2N2O/c1-15(26-22(27)18-3-2-12-25-14-18)21(17-6-10-20(24)11-7-17)13-16-4-8-19(23)9-5-16/h2-12,14-15,21H,13H2,1H3,(H,26,27)/p+1/t15-,21+/m1/s1. The Morgan fingerprint density at radius 3 is 2.22 bits per heavy atom. The Morgan fingerprint density at radius 2 is 1.63 bits per heavy atom. The highest BCUT2D eigenvalue weighted by Crippen LogP contribution is 2.27. The molecule has 2 N–H and O–H groups in total. The van der Waals surface area contributed by atoms with Gasteiger partial charge in [0.2, 0.25) is 0 Å². The van der Waals surface area contributed by atoms with Gasteiger partial charge in [0.05, 0.1) is 0 Å². The van der Waals surface area contributed by atoms with Crippen molar-refractivity contribution in [2.45, 2.75) is 25.3 Å². The van der Waals surface area contributed by atoms with Crippen LogP contribution < -0.4 is 10.3 Å². The van der Waals surface area contributed by atoms with Gasteiger partial charge in [-0.15, -0.1) is 0 Å². The number of aromatic amines is 1. The number of amides is 1. The third kappa shape index (κ3) is 5.31.